The summed E-state index contributed by atoms with van der Waals surface area (Å²) < 4.78 is 11.1. The average molecular weight is 705 g/mol. The number of carbonyl (C=O) groups excluding carboxylic acids is 3. The predicted octanol–water partition coefficient (Wildman–Crippen LogP) is 8.65. The quantitative estimate of drug-likeness (QED) is 0.155. The van der Waals surface area contributed by atoms with Crippen LogP contribution < -0.4 is 5.32 Å². The Morgan fingerprint density at radius 1 is 0.891 bits per heavy atom. The van der Waals surface area contributed by atoms with Crippen molar-refractivity contribution in [2.45, 2.75) is 138 Å². The highest BCUT2D eigenvalue weighted by molar-refractivity contribution is 9.09. The molecule has 5 fully saturated rings. The number of nitrogens with one attached hydrogen (secondary N) is 1. The lowest BCUT2D eigenvalue weighted by molar-refractivity contribution is -0.248. The van der Waals surface area contributed by atoms with E-state index in [-0.39, 0.29) is 57.4 Å². The number of rotatable bonds is 8. The lowest BCUT2D eigenvalue weighted by Gasteiger charge is -2.72. The van der Waals surface area contributed by atoms with Crippen LogP contribution in [0.15, 0.2) is 12.2 Å². The van der Waals surface area contributed by atoms with Crippen molar-refractivity contribution in [2.75, 3.05) is 12.4 Å². The number of halogens is 1. The Morgan fingerprint density at radius 2 is 1.59 bits per heavy atom. The van der Waals surface area contributed by atoms with Gasteiger partial charge in [0, 0.05) is 17.7 Å². The van der Waals surface area contributed by atoms with Crippen LogP contribution in [0.2, 0.25) is 0 Å². The van der Waals surface area contributed by atoms with E-state index in [2.05, 4.69) is 76.3 Å². The Balaban J connectivity index is 1.50. The van der Waals surface area contributed by atoms with Gasteiger partial charge in [-0.3, -0.25) is 9.59 Å². The fraction of sp³-hybridized carbons (Fsp3) is 0.872. The van der Waals surface area contributed by atoms with Gasteiger partial charge < -0.3 is 14.8 Å². The van der Waals surface area contributed by atoms with E-state index in [1.807, 2.05) is 0 Å². The molecular formula is C39H62BrNO5. The molecule has 0 heterocycles. The summed E-state index contributed by atoms with van der Waals surface area (Å²) in [6, 6.07) is -0.617. The molecule has 6 nitrogen and oxygen atoms in total. The molecule has 0 aromatic heterocycles. The molecule has 0 aromatic rings. The zero-order valence-electron chi connectivity index (χ0n) is 30.2. The first-order valence-electron chi connectivity index (χ1n) is 18.2. The van der Waals surface area contributed by atoms with Gasteiger partial charge in [0.25, 0.3) is 0 Å². The molecule has 260 valence electrons. The number of ether oxygens (including phenoxy) is 2. The third-order valence-electron chi connectivity index (χ3n) is 15.3. The molecular weight excluding hydrogens is 642 g/mol. The van der Waals surface area contributed by atoms with Crippen LogP contribution in [0.25, 0.3) is 0 Å². The monoisotopic (exact) mass is 703 g/mol. The summed E-state index contributed by atoms with van der Waals surface area (Å²) in [4.78, 5) is 39.5. The molecule has 0 aromatic carbocycles. The maximum atomic E-state index is 14.6. The zero-order valence-corrected chi connectivity index (χ0v) is 31.8. The zero-order chi connectivity index (χ0) is 34.0. The number of hydrogen-bond donors (Lipinski definition) is 1. The van der Waals surface area contributed by atoms with Crippen molar-refractivity contribution in [3.05, 3.63) is 12.2 Å². The normalized spacial score (nSPS) is 43.3. The summed E-state index contributed by atoms with van der Waals surface area (Å²) in [7, 11) is 1.42. The molecule has 5 rings (SSSR count). The SMILES string of the molecule is C=C(CBr)[C@@H]1CC[C@]2(C(=O)NC(CC(C)C)C(=O)OC)CC[C@]3(C)[C@H](CC[C@@H]4[C@@]5(C)CC[C@H](OC(C)=O)C(C)(C)[C@@H]5CC[C@]43C)[C@@H]12. The van der Waals surface area contributed by atoms with Gasteiger partial charge in [0.2, 0.25) is 5.91 Å². The third kappa shape index (κ3) is 5.34. The summed E-state index contributed by atoms with van der Waals surface area (Å²) in [5.74, 6) is 1.84. The van der Waals surface area contributed by atoms with E-state index >= 15 is 0 Å². The standard InChI is InChI=1S/C39H62BrNO5/c1-23(2)21-28(33(43)45-10)41-34(44)39-18-13-26(24(3)22-40)32(39)27-11-12-30-36(7)16-15-31(46-25(4)42)35(5,6)29(36)14-17-38(30,9)37(27,8)19-20-39/h23,26-32H,3,11-22H2,1-2,4-10H3,(H,41,44)/t26-,27+,28?,29-,30+,31-,32+,36-,37+,38+,39-/m0/s1. The summed E-state index contributed by atoms with van der Waals surface area (Å²) in [6.07, 6.45) is 11.0. The van der Waals surface area contributed by atoms with Crippen LogP contribution in [-0.2, 0) is 23.9 Å². The van der Waals surface area contributed by atoms with Crippen LogP contribution in [0.3, 0.4) is 0 Å². The van der Waals surface area contributed by atoms with E-state index in [1.54, 1.807) is 6.92 Å². The van der Waals surface area contributed by atoms with Crippen LogP contribution in [-0.4, -0.2) is 42.4 Å². The van der Waals surface area contributed by atoms with E-state index < -0.39 is 11.5 Å². The molecule has 5 aliphatic rings. The molecule has 1 unspecified atom stereocenters. The lowest BCUT2D eigenvalue weighted by Crippen LogP contribution is -2.67. The smallest absolute Gasteiger partial charge is 0.328 e. The summed E-state index contributed by atoms with van der Waals surface area (Å²) in [5.41, 5.74) is 1.11. The second kappa shape index (κ2) is 12.5. The van der Waals surface area contributed by atoms with Crippen molar-refractivity contribution in [3.8, 4) is 0 Å². The molecule has 1 amide bonds. The number of fused-ring (bicyclic) bond motifs is 7. The van der Waals surface area contributed by atoms with Crippen molar-refractivity contribution in [1.82, 2.24) is 5.32 Å². The Kier molecular flexibility index (Phi) is 9.77. The maximum absolute atomic E-state index is 14.6. The van der Waals surface area contributed by atoms with Crippen molar-refractivity contribution < 1.29 is 23.9 Å². The van der Waals surface area contributed by atoms with E-state index in [0.29, 0.717) is 30.1 Å². The van der Waals surface area contributed by atoms with Gasteiger partial charge in [0.05, 0.1) is 12.5 Å². The van der Waals surface area contributed by atoms with E-state index in [0.717, 1.165) is 56.7 Å². The second-order valence-corrected chi connectivity index (χ2v) is 18.5. The highest BCUT2D eigenvalue weighted by atomic mass is 79.9. The van der Waals surface area contributed by atoms with Gasteiger partial charge in [-0.25, -0.2) is 4.79 Å². The minimum absolute atomic E-state index is 0.0211. The summed E-state index contributed by atoms with van der Waals surface area (Å²) in [5, 5.41) is 4.02. The molecule has 5 aliphatic carbocycles. The first-order chi connectivity index (χ1) is 21.4. The highest BCUT2D eigenvalue weighted by Gasteiger charge is 2.72. The van der Waals surface area contributed by atoms with Crippen LogP contribution in [0, 0.1) is 62.6 Å². The Bertz CT molecular complexity index is 1230. The van der Waals surface area contributed by atoms with Crippen molar-refractivity contribution in [1.29, 1.82) is 0 Å². The first kappa shape index (κ1) is 35.9. The minimum Gasteiger partial charge on any atom is -0.467 e. The van der Waals surface area contributed by atoms with E-state index in [1.165, 1.54) is 25.5 Å². The second-order valence-electron chi connectivity index (χ2n) is 17.9. The molecule has 1 N–H and O–H groups in total. The number of methoxy groups -OCH3 is 1. The fourth-order valence-corrected chi connectivity index (χ4v) is 13.5. The van der Waals surface area contributed by atoms with Gasteiger partial charge in [-0.15, -0.1) is 0 Å². The van der Waals surface area contributed by atoms with Crippen LogP contribution in [0.5, 0.6) is 0 Å². The molecule has 7 heteroatoms. The molecule has 5 saturated carbocycles. The lowest BCUT2D eigenvalue weighted by atomic mass is 9.32. The first-order valence-corrected chi connectivity index (χ1v) is 19.3. The molecule has 46 heavy (non-hydrogen) atoms. The van der Waals surface area contributed by atoms with Crippen LogP contribution in [0.4, 0.5) is 0 Å². The highest BCUT2D eigenvalue weighted by Crippen LogP contribution is 2.77. The van der Waals surface area contributed by atoms with Crippen molar-refractivity contribution in [3.63, 3.8) is 0 Å². The molecule has 0 spiro atoms. The van der Waals surface area contributed by atoms with Gasteiger partial charge in [-0.1, -0.05) is 76.5 Å². The van der Waals surface area contributed by atoms with Crippen molar-refractivity contribution >= 4 is 33.8 Å². The van der Waals surface area contributed by atoms with Crippen molar-refractivity contribution in [2.24, 2.45) is 62.6 Å². The number of esters is 2. The number of hydrogen-bond acceptors (Lipinski definition) is 5. The molecule has 0 radical (unpaired) electrons. The van der Waals surface area contributed by atoms with Gasteiger partial charge in [0.15, 0.2) is 0 Å². The maximum Gasteiger partial charge on any atom is 0.328 e. The molecule has 0 saturated heterocycles. The van der Waals surface area contributed by atoms with E-state index in [4.69, 9.17) is 9.47 Å². The molecule has 0 aliphatic heterocycles. The molecule has 11 atom stereocenters. The average Bonchev–Trinajstić information content (AvgIpc) is 3.38. The number of allylic oxidation sites excluding steroid dienone is 1. The topological polar surface area (TPSA) is 81.7 Å². The van der Waals surface area contributed by atoms with Gasteiger partial charge >= 0.3 is 11.9 Å². The van der Waals surface area contributed by atoms with Gasteiger partial charge in [-0.2, -0.15) is 0 Å². The Hall–Kier alpha value is -1.37. The largest absolute Gasteiger partial charge is 0.467 e. The van der Waals surface area contributed by atoms with Gasteiger partial charge in [0.1, 0.15) is 12.1 Å². The third-order valence-corrected chi connectivity index (χ3v) is 16.0. The fourth-order valence-electron chi connectivity index (χ4n) is 13.1. The van der Waals surface area contributed by atoms with Crippen LogP contribution in [0.1, 0.15) is 126 Å². The molecule has 0 bridgehead atoms. The van der Waals surface area contributed by atoms with E-state index in [9.17, 15) is 14.4 Å². The number of amides is 1. The van der Waals surface area contributed by atoms with Gasteiger partial charge in [-0.05, 0) is 122 Å². The minimum atomic E-state index is -0.617. The Labute approximate surface area is 287 Å². The van der Waals surface area contributed by atoms with Crippen LogP contribution >= 0.6 is 15.9 Å². The summed E-state index contributed by atoms with van der Waals surface area (Å²) in [6.45, 7) is 22.7. The Morgan fingerprint density at radius 3 is 2.20 bits per heavy atom. The number of carbonyl (C=O) groups is 3. The number of alkyl halides is 1. The predicted molar refractivity (Wildman–Crippen MR) is 186 cm³/mol. The summed E-state index contributed by atoms with van der Waals surface area (Å²) >= 11 is 3.74.